The number of fused-ring (bicyclic) bond motifs is 1. The number of hydrogen-bond acceptors (Lipinski definition) is 2. The van der Waals surface area contributed by atoms with Gasteiger partial charge in [0.05, 0.1) is 12.6 Å². The van der Waals surface area contributed by atoms with E-state index in [-0.39, 0.29) is 5.82 Å². The molecule has 0 radical (unpaired) electrons. The number of hydrogen-bond donors (Lipinski definition) is 2. The van der Waals surface area contributed by atoms with Crippen LogP contribution in [-0.2, 0) is 6.54 Å². The molecule has 2 aromatic rings. The van der Waals surface area contributed by atoms with Crippen LogP contribution in [0.5, 0.6) is 0 Å². The molecule has 1 aliphatic rings. The second-order valence-electron chi connectivity index (χ2n) is 6.53. The summed E-state index contributed by atoms with van der Waals surface area (Å²) in [4.78, 5) is 0. The fraction of sp³-hybridized carbons (Fsp3) is 0.556. The Morgan fingerprint density at radius 3 is 2.77 bits per heavy atom. The molecule has 3 nitrogen and oxygen atoms in total. The van der Waals surface area contributed by atoms with Gasteiger partial charge in [0, 0.05) is 29.2 Å². The molecule has 0 spiro atoms. The van der Waals surface area contributed by atoms with Crippen molar-refractivity contribution in [2.24, 2.45) is 0 Å². The monoisotopic (exact) mass is 304 g/mol. The minimum Gasteiger partial charge on any atom is -0.390 e. The van der Waals surface area contributed by atoms with Gasteiger partial charge in [-0.05, 0) is 50.5 Å². The number of aliphatic hydroxyl groups excluding tert-OH is 1. The van der Waals surface area contributed by atoms with Crippen LogP contribution in [0.2, 0.25) is 0 Å². The zero-order chi connectivity index (χ0) is 15.7. The first-order valence-electron chi connectivity index (χ1n) is 8.22. The minimum absolute atomic E-state index is 0.212. The van der Waals surface area contributed by atoms with Gasteiger partial charge in [-0.25, -0.2) is 4.39 Å². The van der Waals surface area contributed by atoms with Crippen molar-refractivity contribution in [3.8, 4) is 0 Å². The molecule has 120 valence electrons. The number of halogens is 1. The first-order valence-corrected chi connectivity index (χ1v) is 8.22. The quantitative estimate of drug-likeness (QED) is 0.889. The summed E-state index contributed by atoms with van der Waals surface area (Å²) in [6, 6.07) is 5.44. The summed E-state index contributed by atoms with van der Waals surface area (Å²) in [6.07, 6.45) is 4.59. The normalized spacial score (nSPS) is 17.5. The molecule has 1 fully saturated rings. The van der Waals surface area contributed by atoms with Crippen LogP contribution < -0.4 is 5.32 Å². The van der Waals surface area contributed by atoms with Crippen molar-refractivity contribution in [3.63, 3.8) is 0 Å². The molecule has 1 aromatic carbocycles. The van der Waals surface area contributed by atoms with Crippen molar-refractivity contribution in [1.29, 1.82) is 0 Å². The SMILES string of the molecule is Cc1c(C)n(CC(O)CNC2CCCC2)c2ccc(F)cc12. The van der Waals surface area contributed by atoms with E-state index in [0.717, 1.165) is 22.2 Å². The van der Waals surface area contributed by atoms with Gasteiger partial charge in [0.1, 0.15) is 5.82 Å². The van der Waals surface area contributed by atoms with Crippen molar-refractivity contribution in [2.75, 3.05) is 6.54 Å². The summed E-state index contributed by atoms with van der Waals surface area (Å²) in [5.41, 5.74) is 3.18. The predicted octanol–water partition coefficient (Wildman–Crippen LogP) is 3.29. The number of aryl methyl sites for hydroxylation is 1. The highest BCUT2D eigenvalue weighted by molar-refractivity contribution is 5.85. The summed E-state index contributed by atoms with van der Waals surface area (Å²) in [5, 5.41) is 14.8. The summed E-state index contributed by atoms with van der Waals surface area (Å²) in [7, 11) is 0. The zero-order valence-electron chi connectivity index (χ0n) is 13.4. The molecule has 22 heavy (non-hydrogen) atoms. The third-order valence-corrected chi connectivity index (χ3v) is 4.99. The number of nitrogens with zero attached hydrogens (tertiary/aromatic N) is 1. The number of aliphatic hydroxyl groups is 1. The lowest BCUT2D eigenvalue weighted by Gasteiger charge is -2.18. The van der Waals surface area contributed by atoms with Crippen molar-refractivity contribution in [3.05, 3.63) is 35.3 Å². The van der Waals surface area contributed by atoms with E-state index in [2.05, 4.69) is 9.88 Å². The molecule has 0 saturated heterocycles. The Hall–Kier alpha value is -1.39. The first kappa shape index (κ1) is 15.5. The number of benzene rings is 1. The molecule has 3 rings (SSSR count). The Kier molecular flexibility index (Phi) is 4.50. The highest BCUT2D eigenvalue weighted by Gasteiger charge is 2.18. The maximum atomic E-state index is 13.4. The van der Waals surface area contributed by atoms with Crippen LogP contribution in [0.3, 0.4) is 0 Å². The lowest BCUT2D eigenvalue weighted by Crippen LogP contribution is -2.36. The topological polar surface area (TPSA) is 37.2 Å². The minimum atomic E-state index is -0.431. The number of rotatable bonds is 5. The van der Waals surface area contributed by atoms with E-state index >= 15 is 0 Å². The molecule has 2 N–H and O–H groups in total. The lowest BCUT2D eigenvalue weighted by molar-refractivity contribution is 0.148. The lowest BCUT2D eigenvalue weighted by atomic mass is 10.1. The Balaban J connectivity index is 1.73. The van der Waals surface area contributed by atoms with Crippen LogP contribution in [0.15, 0.2) is 18.2 Å². The Labute approximate surface area is 131 Å². The van der Waals surface area contributed by atoms with Crippen LogP contribution in [0.4, 0.5) is 4.39 Å². The third-order valence-electron chi connectivity index (χ3n) is 4.99. The van der Waals surface area contributed by atoms with Gasteiger partial charge in [-0.3, -0.25) is 0 Å². The van der Waals surface area contributed by atoms with Crippen LogP contribution in [0.1, 0.15) is 36.9 Å². The molecule has 1 heterocycles. The molecule has 0 amide bonds. The fourth-order valence-corrected chi connectivity index (χ4v) is 3.57. The van der Waals surface area contributed by atoms with Gasteiger partial charge in [-0.2, -0.15) is 0 Å². The second kappa shape index (κ2) is 6.39. The molecule has 1 atom stereocenters. The van der Waals surface area contributed by atoms with Gasteiger partial charge >= 0.3 is 0 Å². The maximum Gasteiger partial charge on any atom is 0.123 e. The fourth-order valence-electron chi connectivity index (χ4n) is 3.57. The van der Waals surface area contributed by atoms with Crippen molar-refractivity contribution >= 4 is 10.9 Å². The van der Waals surface area contributed by atoms with Gasteiger partial charge in [0.2, 0.25) is 0 Å². The van der Waals surface area contributed by atoms with Crippen molar-refractivity contribution in [2.45, 2.75) is 58.2 Å². The Morgan fingerprint density at radius 1 is 1.32 bits per heavy atom. The molecule has 1 unspecified atom stereocenters. The Morgan fingerprint density at radius 2 is 2.05 bits per heavy atom. The number of nitrogens with one attached hydrogen (secondary N) is 1. The smallest absolute Gasteiger partial charge is 0.123 e. The maximum absolute atomic E-state index is 13.4. The van der Waals surface area contributed by atoms with Crippen molar-refractivity contribution < 1.29 is 9.50 Å². The van der Waals surface area contributed by atoms with Gasteiger partial charge in [0.25, 0.3) is 0 Å². The van der Waals surface area contributed by atoms with E-state index in [1.165, 1.54) is 31.7 Å². The Bertz CT molecular complexity index is 659. The van der Waals surface area contributed by atoms with Crippen LogP contribution in [0, 0.1) is 19.7 Å². The average molecular weight is 304 g/mol. The van der Waals surface area contributed by atoms with Crippen LogP contribution in [-0.4, -0.2) is 28.4 Å². The molecule has 1 aromatic heterocycles. The van der Waals surface area contributed by atoms with E-state index in [0.29, 0.717) is 19.1 Å². The number of aromatic nitrogens is 1. The standard InChI is InChI=1S/C18H25FN2O/c1-12-13(2)21(18-8-7-14(19)9-17(12)18)11-16(22)10-20-15-5-3-4-6-15/h7-9,15-16,20,22H,3-6,10-11H2,1-2H3. The van der Waals surface area contributed by atoms with Crippen LogP contribution in [0.25, 0.3) is 10.9 Å². The highest BCUT2D eigenvalue weighted by Crippen LogP contribution is 2.26. The summed E-state index contributed by atoms with van der Waals surface area (Å²) < 4.78 is 15.5. The molecule has 4 heteroatoms. The predicted molar refractivity (Wildman–Crippen MR) is 87.6 cm³/mol. The summed E-state index contributed by atoms with van der Waals surface area (Å²) in [6.45, 7) is 5.20. The average Bonchev–Trinajstić information content (AvgIpc) is 3.09. The van der Waals surface area contributed by atoms with E-state index in [4.69, 9.17) is 0 Å². The van der Waals surface area contributed by atoms with E-state index in [1.54, 1.807) is 6.07 Å². The molecule has 0 aliphatic heterocycles. The van der Waals surface area contributed by atoms with Gasteiger partial charge in [-0.1, -0.05) is 12.8 Å². The van der Waals surface area contributed by atoms with E-state index in [9.17, 15) is 9.50 Å². The van der Waals surface area contributed by atoms with Crippen molar-refractivity contribution in [1.82, 2.24) is 9.88 Å². The molecular weight excluding hydrogens is 279 g/mol. The van der Waals surface area contributed by atoms with Gasteiger partial charge < -0.3 is 15.0 Å². The largest absolute Gasteiger partial charge is 0.390 e. The molecule has 0 bridgehead atoms. The van der Waals surface area contributed by atoms with Crippen LogP contribution >= 0.6 is 0 Å². The third kappa shape index (κ3) is 3.03. The van der Waals surface area contributed by atoms with E-state index in [1.807, 2.05) is 19.9 Å². The highest BCUT2D eigenvalue weighted by atomic mass is 19.1. The zero-order valence-corrected chi connectivity index (χ0v) is 13.4. The van der Waals surface area contributed by atoms with Gasteiger partial charge in [-0.15, -0.1) is 0 Å². The molecule has 1 saturated carbocycles. The first-order chi connectivity index (χ1) is 10.6. The van der Waals surface area contributed by atoms with E-state index < -0.39 is 6.10 Å². The molecule has 1 aliphatic carbocycles. The van der Waals surface area contributed by atoms with Gasteiger partial charge in [0.15, 0.2) is 0 Å². The second-order valence-corrected chi connectivity index (χ2v) is 6.53. The summed E-state index contributed by atoms with van der Waals surface area (Å²) in [5.74, 6) is -0.212. The molecular formula is C18H25FN2O. The summed E-state index contributed by atoms with van der Waals surface area (Å²) >= 11 is 0.